The molecule has 0 aromatic heterocycles. The highest BCUT2D eigenvalue weighted by atomic mass is 19.4. The second-order valence-corrected chi connectivity index (χ2v) is 5.36. The molecule has 1 rings (SSSR count). The van der Waals surface area contributed by atoms with Crippen LogP contribution in [0.15, 0.2) is 0 Å². The van der Waals surface area contributed by atoms with Crippen LogP contribution in [-0.2, 0) is 4.79 Å². The van der Waals surface area contributed by atoms with Crippen molar-refractivity contribution in [3.05, 3.63) is 0 Å². The summed E-state index contributed by atoms with van der Waals surface area (Å²) in [5.74, 6) is -0.559. The van der Waals surface area contributed by atoms with Gasteiger partial charge in [-0.3, -0.25) is 4.79 Å². The molecule has 1 heterocycles. The molecule has 1 amide bonds. The van der Waals surface area contributed by atoms with Crippen LogP contribution in [0.5, 0.6) is 0 Å². The lowest BCUT2D eigenvalue weighted by Gasteiger charge is -2.35. The van der Waals surface area contributed by atoms with Gasteiger partial charge >= 0.3 is 6.18 Å². The SMILES string of the molecule is CCC(C)CN(CC)C(=O)C1(C(F)(F)F)CCNC1. The Kier molecular flexibility index (Phi) is 5.24. The average Bonchev–Trinajstić information content (AvgIpc) is 2.84. The van der Waals surface area contributed by atoms with Crippen molar-refractivity contribution >= 4 is 5.91 Å². The summed E-state index contributed by atoms with van der Waals surface area (Å²) >= 11 is 0. The minimum atomic E-state index is -4.49. The second-order valence-electron chi connectivity index (χ2n) is 5.36. The summed E-state index contributed by atoms with van der Waals surface area (Å²) in [5, 5.41) is 2.68. The van der Waals surface area contributed by atoms with Gasteiger partial charge in [0.1, 0.15) is 0 Å². The Hall–Kier alpha value is -0.780. The first-order valence-electron chi connectivity index (χ1n) is 6.85. The molecule has 1 aliphatic rings. The number of carbonyl (C=O) groups is 1. The van der Waals surface area contributed by atoms with Crippen molar-refractivity contribution in [3.63, 3.8) is 0 Å². The lowest BCUT2D eigenvalue weighted by atomic mass is 9.84. The number of nitrogens with one attached hydrogen (secondary N) is 1. The molecule has 2 atom stereocenters. The maximum Gasteiger partial charge on any atom is 0.404 e. The zero-order valence-corrected chi connectivity index (χ0v) is 11.8. The quantitative estimate of drug-likeness (QED) is 0.839. The maximum absolute atomic E-state index is 13.3. The summed E-state index contributed by atoms with van der Waals surface area (Å²) in [7, 11) is 0. The number of rotatable bonds is 5. The topological polar surface area (TPSA) is 32.3 Å². The molecule has 0 aromatic carbocycles. The fourth-order valence-corrected chi connectivity index (χ4v) is 2.40. The molecule has 1 fully saturated rings. The molecule has 0 aromatic rings. The molecule has 6 heteroatoms. The molecule has 1 aliphatic heterocycles. The van der Waals surface area contributed by atoms with Gasteiger partial charge in [-0.2, -0.15) is 13.2 Å². The van der Waals surface area contributed by atoms with Crippen LogP contribution in [0.25, 0.3) is 0 Å². The van der Waals surface area contributed by atoms with Crippen LogP contribution < -0.4 is 5.32 Å². The molecule has 3 nitrogen and oxygen atoms in total. The number of alkyl halides is 3. The van der Waals surface area contributed by atoms with Crippen LogP contribution in [0.3, 0.4) is 0 Å². The second kappa shape index (κ2) is 6.11. The van der Waals surface area contributed by atoms with Gasteiger partial charge < -0.3 is 10.2 Å². The van der Waals surface area contributed by atoms with Crippen molar-refractivity contribution in [2.45, 2.75) is 39.8 Å². The van der Waals surface area contributed by atoms with Crippen molar-refractivity contribution in [2.75, 3.05) is 26.2 Å². The van der Waals surface area contributed by atoms with Crippen molar-refractivity contribution in [3.8, 4) is 0 Å². The van der Waals surface area contributed by atoms with E-state index in [1.54, 1.807) is 6.92 Å². The van der Waals surface area contributed by atoms with E-state index in [0.717, 1.165) is 6.42 Å². The molecule has 2 unspecified atom stereocenters. The Balaban J connectivity index is 2.93. The molecule has 0 saturated carbocycles. The normalized spacial score (nSPS) is 25.4. The summed E-state index contributed by atoms with van der Waals surface area (Å²) in [6, 6.07) is 0. The monoisotopic (exact) mass is 280 g/mol. The van der Waals surface area contributed by atoms with Gasteiger partial charge in [0.2, 0.25) is 5.91 Å². The summed E-state index contributed by atoms with van der Waals surface area (Å²) < 4.78 is 39.9. The Bertz CT molecular complexity index is 312. The Labute approximate surface area is 112 Å². The molecule has 19 heavy (non-hydrogen) atoms. The molecular weight excluding hydrogens is 257 g/mol. The maximum atomic E-state index is 13.3. The average molecular weight is 280 g/mol. The van der Waals surface area contributed by atoms with Crippen molar-refractivity contribution < 1.29 is 18.0 Å². The molecule has 1 N–H and O–H groups in total. The molecular formula is C13H23F3N2O. The Morgan fingerprint density at radius 2 is 2.05 bits per heavy atom. The number of carbonyl (C=O) groups excluding carboxylic acids is 1. The zero-order chi connectivity index (χ0) is 14.7. The minimum Gasteiger partial charge on any atom is -0.342 e. The lowest BCUT2D eigenvalue weighted by molar-refractivity contribution is -0.221. The smallest absolute Gasteiger partial charge is 0.342 e. The largest absolute Gasteiger partial charge is 0.404 e. The zero-order valence-electron chi connectivity index (χ0n) is 11.8. The van der Waals surface area contributed by atoms with Gasteiger partial charge in [0.15, 0.2) is 5.41 Å². The first kappa shape index (κ1) is 16.3. The lowest BCUT2D eigenvalue weighted by Crippen LogP contribution is -2.54. The number of halogens is 3. The highest BCUT2D eigenvalue weighted by Crippen LogP contribution is 2.44. The van der Waals surface area contributed by atoms with Crippen LogP contribution in [0.1, 0.15) is 33.6 Å². The third-order valence-electron chi connectivity index (χ3n) is 4.01. The van der Waals surface area contributed by atoms with E-state index < -0.39 is 17.5 Å². The van der Waals surface area contributed by atoms with Gasteiger partial charge in [-0.1, -0.05) is 20.3 Å². The highest BCUT2D eigenvalue weighted by Gasteiger charge is 2.62. The van der Waals surface area contributed by atoms with E-state index in [1.165, 1.54) is 4.90 Å². The van der Waals surface area contributed by atoms with E-state index in [1.807, 2.05) is 13.8 Å². The Morgan fingerprint density at radius 1 is 1.42 bits per heavy atom. The van der Waals surface area contributed by atoms with E-state index in [0.29, 0.717) is 13.1 Å². The predicted molar refractivity (Wildman–Crippen MR) is 67.7 cm³/mol. The molecule has 0 spiro atoms. The molecule has 112 valence electrons. The third-order valence-corrected chi connectivity index (χ3v) is 4.01. The van der Waals surface area contributed by atoms with Crippen LogP contribution in [-0.4, -0.2) is 43.2 Å². The number of amides is 1. The summed E-state index contributed by atoms with van der Waals surface area (Å²) in [5.41, 5.74) is -2.23. The highest BCUT2D eigenvalue weighted by molar-refractivity contribution is 5.84. The van der Waals surface area contributed by atoms with Crippen molar-refractivity contribution in [1.29, 1.82) is 0 Å². The van der Waals surface area contributed by atoms with E-state index in [-0.39, 0.29) is 25.4 Å². The minimum absolute atomic E-state index is 0.160. The first-order chi connectivity index (χ1) is 8.78. The summed E-state index contributed by atoms with van der Waals surface area (Å²) in [6.45, 7) is 6.30. The van der Waals surface area contributed by atoms with E-state index in [2.05, 4.69) is 5.32 Å². The van der Waals surface area contributed by atoms with E-state index in [4.69, 9.17) is 0 Å². The van der Waals surface area contributed by atoms with Gasteiger partial charge in [0.05, 0.1) is 0 Å². The van der Waals surface area contributed by atoms with Crippen LogP contribution >= 0.6 is 0 Å². The third kappa shape index (κ3) is 3.22. The first-order valence-corrected chi connectivity index (χ1v) is 6.85. The number of hydrogen-bond donors (Lipinski definition) is 1. The van der Waals surface area contributed by atoms with Crippen molar-refractivity contribution in [2.24, 2.45) is 11.3 Å². The predicted octanol–water partition coefficient (Wildman–Crippen LogP) is 2.42. The Morgan fingerprint density at radius 3 is 2.42 bits per heavy atom. The number of hydrogen-bond acceptors (Lipinski definition) is 2. The van der Waals surface area contributed by atoms with Crippen LogP contribution in [0.2, 0.25) is 0 Å². The van der Waals surface area contributed by atoms with E-state index in [9.17, 15) is 18.0 Å². The fraction of sp³-hybridized carbons (Fsp3) is 0.923. The van der Waals surface area contributed by atoms with Gasteiger partial charge in [-0.25, -0.2) is 0 Å². The summed E-state index contributed by atoms with van der Waals surface area (Å²) in [6.07, 6.45) is -3.80. The molecule has 1 saturated heterocycles. The van der Waals surface area contributed by atoms with Crippen LogP contribution in [0, 0.1) is 11.3 Å². The van der Waals surface area contributed by atoms with Crippen molar-refractivity contribution in [1.82, 2.24) is 10.2 Å². The number of nitrogens with zero attached hydrogens (tertiary/aromatic N) is 1. The van der Waals surface area contributed by atoms with Gasteiger partial charge in [0, 0.05) is 19.6 Å². The molecule has 0 aliphatic carbocycles. The standard InChI is InChI=1S/C13H23F3N2O/c1-4-10(3)8-18(5-2)11(19)12(13(14,15)16)6-7-17-9-12/h10,17H,4-9H2,1-3H3. The van der Waals surface area contributed by atoms with Gasteiger partial charge in [-0.05, 0) is 25.8 Å². The van der Waals surface area contributed by atoms with E-state index >= 15 is 0 Å². The molecule has 0 radical (unpaired) electrons. The van der Waals surface area contributed by atoms with Gasteiger partial charge in [-0.15, -0.1) is 0 Å². The summed E-state index contributed by atoms with van der Waals surface area (Å²) in [4.78, 5) is 13.7. The van der Waals surface area contributed by atoms with Gasteiger partial charge in [0.25, 0.3) is 0 Å². The fourth-order valence-electron chi connectivity index (χ4n) is 2.40. The molecule has 0 bridgehead atoms. The van der Waals surface area contributed by atoms with Crippen LogP contribution in [0.4, 0.5) is 13.2 Å².